The van der Waals surface area contributed by atoms with Gasteiger partial charge >= 0.3 is 5.97 Å². The van der Waals surface area contributed by atoms with Crippen LogP contribution in [0.3, 0.4) is 0 Å². The van der Waals surface area contributed by atoms with Gasteiger partial charge in [-0.2, -0.15) is 0 Å². The van der Waals surface area contributed by atoms with Gasteiger partial charge in [0.1, 0.15) is 6.54 Å². The van der Waals surface area contributed by atoms with Crippen LogP contribution in [0.1, 0.15) is 30.6 Å². The molecule has 130 valence electrons. The number of carboxylic acids is 1. The van der Waals surface area contributed by atoms with E-state index in [1.165, 1.54) is 0 Å². The van der Waals surface area contributed by atoms with Crippen LogP contribution in [0.5, 0.6) is 0 Å². The highest BCUT2D eigenvalue weighted by atomic mass is 16.4. The molecule has 1 saturated heterocycles. The van der Waals surface area contributed by atoms with E-state index in [1.807, 2.05) is 6.92 Å². The fourth-order valence-corrected chi connectivity index (χ4v) is 3.08. The molecule has 2 N–H and O–H groups in total. The third-order valence-electron chi connectivity index (χ3n) is 4.22. The molecule has 0 unspecified atom stereocenters. The standard InChI is InChI=1S/C17H23N3O4/c1-3-20(12(2)21)13-8-9-19(11-13)17(24)14-6-4-5-7-15(14)18-10-16(22)23/h4-7,13,18H,3,8-11H2,1-2H3,(H,22,23)/t13-/m0/s1. The summed E-state index contributed by atoms with van der Waals surface area (Å²) in [5.41, 5.74) is 0.956. The fraction of sp³-hybridized carbons (Fsp3) is 0.471. The number of amides is 2. The van der Waals surface area contributed by atoms with E-state index in [0.717, 1.165) is 6.42 Å². The maximum Gasteiger partial charge on any atom is 0.322 e. The number of benzene rings is 1. The fourth-order valence-electron chi connectivity index (χ4n) is 3.08. The second kappa shape index (κ2) is 7.81. The number of carboxylic acid groups (broad SMARTS) is 1. The number of nitrogens with one attached hydrogen (secondary N) is 1. The molecule has 7 heteroatoms. The molecule has 7 nitrogen and oxygen atoms in total. The van der Waals surface area contributed by atoms with Crippen LogP contribution in [-0.4, -0.2) is 64.9 Å². The summed E-state index contributed by atoms with van der Waals surface area (Å²) in [7, 11) is 0. The number of rotatable bonds is 6. The first-order valence-electron chi connectivity index (χ1n) is 8.05. The van der Waals surface area contributed by atoms with Gasteiger partial charge in [0.05, 0.1) is 11.6 Å². The number of hydrogen-bond acceptors (Lipinski definition) is 4. The summed E-state index contributed by atoms with van der Waals surface area (Å²) in [5, 5.41) is 11.6. The topological polar surface area (TPSA) is 90.0 Å². The predicted octanol–water partition coefficient (Wildman–Crippen LogP) is 1.27. The van der Waals surface area contributed by atoms with Gasteiger partial charge in [-0.1, -0.05) is 12.1 Å². The van der Waals surface area contributed by atoms with Gasteiger partial charge in [0, 0.05) is 32.2 Å². The van der Waals surface area contributed by atoms with E-state index in [4.69, 9.17) is 5.11 Å². The highest BCUT2D eigenvalue weighted by Crippen LogP contribution is 2.22. The number of carbonyl (C=O) groups is 3. The Morgan fingerprint density at radius 2 is 2.04 bits per heavy atom. The van der Waals surface area contributed by atoms with Gasteiger partial charge in [0.2, 0.25) is 5.91 Å². The molecule has 0 aromatic heterocycles. The van der Waals surface area contributed by atoms with E-state index >= 15 is 0 Å². The number of likely N-dealkylation sites (N-methyl/N-ethyl adjacent to an activating group) is 1. The minimum absolute atomic E-state index is 0.0142. The molecule has 1 aliphatic rings. The number of nitrogens with zero attached hydrogens (tertiary/aromatic N) is 2. The summed E-state index contributed by atoms with van der Waals surface area (Å²) in [4.78, 5) is 38.7. The molecule has 1 fully saturated rings. The van der Waals surface area contributed by atoms with Crippen LogP contribution in [0, 0.1) is 0 Å². The Morgan fingerprint density at radius 1 is 1.33 bits per heavy atom. The van der Waals surface area contributed by atoms with Crippen molar-refractivity contribution in [1.29, 1.82) is 0 Å². The average Bonchev–Trinajstić information content (AvgIpc) is 3.02. The van der Waals surface area contributed by atoms with Crippen LogP contribution < -0.4 is 5.32 Å². The normalized spacial score (nSPS) is 16.8. The lowest BCUT2D eigenvalue weighted by Gasteiger charge is -2.26. The summed E-state index contributed by atoms with van der Waals surface area (Å²) in [5.74, 6) is -1.12. The Kier molecular flexibility index (Phi) is 5.78. The van der Waals surface area contributed by atoms with Crippen molar-refractivity contribution in [2.24, 2.45) is 0 Å². The second-order valence-electron chi connectivity index (χ2n) is 5.79. The van der Waals surface area contributed by atoms with Gasteiger partial charge in [-0.25, -0.2) is 0 Å². The second-order valence-corrected chi connectivity index (χ2v) is 5.79. The quantitative estimate of drug-likeness (QED) is 0.818. The SMILES string of the molecule is CCN(C(C)=O)[C@H]1CCN(C(=O)c2ccccc2NCC(=O)O)C1. The van der Waals surface area contributed by atoms with Crippen LogP contribution in [0.15, 0.2) is 24.3 Å². The van der Waals surface area contributed by atoms with Gasteiger partial charge in [-0.3, -0.25) is 14.4 Å². The number of anilines is 1. The van der Waals surface area contributed by atoms with Crippen molar-refractivity contribution >= 4 is 23.5 Å². The van der Waals surface area contributed by atoms with Gasteiger partial charge in [0.25, 0.3) is 5.91 Å². The molecule has 0 aliphatic carbocycles. The molecule has 24 heavy (non-hydrogen) atoms. The van der Waals surface area contributed by atoms with Gasteiger partial charge < -0.3 is 20.2 Å². The molecule has 1 atom stereocenters. The van der Waals surface area contributed by atoms with Crippen LogP contribution in [0.2, 0.25) is 0 Å². The number of para-hydroxylation sites is 1. The lowest BCUT2D eigenvalue weighted by molar-refractivity contribution is -0.135. The summed E-state index contributed by atoms with van der Waals surface area (Å²) >= 11 is 0. The van der Waals surface area contributed by atoms with Crippen molar-refractivity contribution in [3.05, 3.63) is 29.8 Å². The van der Waals surface area contributed by atoms with Crippen molar-refractivity contribution in [2.75, 3.05) is 31.5 Å². The maximum absolute atomic E-state index is 12.8. The zero-order valence-corrected chi connectivity index (χ0v) is 14.0. The summed E-state index contributed by atoms with van der Waals surface area (Å²) in [6.07, 6.45) is 0.754. The highest BCUT2D eigenvalue weighted by molar-refractivity contribution is 6.00. The van der Waals surface area contributed by atoms with E-state index in [9.17, 15) is 14.4 Å². The molecule has 0 saturated carbocycles. The third kappa shape index (κ3) is 4.04. The molecule has 2 rings (SSSR count). The lowest BCUT2D eigenvalue weighted by atomic mass is 10.1. The smallest absolute Gasteiger partial charge is 0.322 e. The zero-order chi connectivity index (χ0) is 17.7. The summed E-state index contributed by atoms with van der Waals surface area (Å²) in [6.45, 7) is 4.93. The predicted molar refractivity (Wildman–Crippen MR) is 89.9 cm³/mol. The highest BCUT2D eigenvalue weighted by Gasteiger charge is 2.32. The van der Waals surface area contributed by atoms with Gasteiger partial charge in [0.15, 0.2) is 0 Å². The van der Waals surface area contributed by atoms with Crippen molar-refractivity contribution in [2.45, 2.75) is 26.3 Å². The Morgan fingerprint density at radius 3 is 2.67 bits per heavy atom. The van der Waals surface area contributed by atoms with Crippen LogP contribution >= 0.6 is 0 Å². The Balaban J connectivity index is 2.10. The third-order valence-corrected chi connectivity index (χ3v) is 4.22. The van der Waals surface area contributed by atoms with Gasteiger partial charge in [-0.05, 0) is 25.5 Å². The minimum Gasteiger partial charge on any atom is -0.480 e. The molecule has 1 aliphatic heterocycles. The molecule has 0 bridgehead atoms. The largest absolute Gasteiger partial charge is 0.480 e. The molecule has 1 aromatic rings. The molecular weight excluding hydrogens is 310 g/mol. The van der Waals surface area contributed by atoms with Crippen molar-refractivity contribution in [1.82, 2.24) is 9.80 Å². The van der Waals surface area contributed by atoms with E-state index in [2.05, 4.69) is 5.32 Å². The number of carbonyl (C=O) groups excluding carboxylic acids is 2. The Hall–Kier alpha value is -2.57. The molecular formula is C17H23N3O4. The molecule has 0 radical (unpaired) electrons. The summed E-state index contributed by atoms with van der Waals surface area (Å²) in [6, 6.07) is 6.92. The lowest BCUT2D eigenvalue weighted by Crippen LogP contribution is -2.41. The van der Waals surface area contributed by atoms with Crippen molar-refractivity contribution < 1.29 is 19.5 Å². The molecule has 2 amide bonds. The molecule has 1 aromatic carbocycles. The Labute approximate surface area is 141 Å². The molecule has 0 spiro atoms. The van der Waals surface area contributed by atoms with E-state index < -0.39 is 5.97 Å². The van der Waals surface area contributed by atoms with E-state index in [0.29, 0.717) is 30.9 Å². The van der Waals surface area contributed by atoms with Crippen molar-refractivity contribution in [3.63, 3.8) is 0 Å². The Bertz CT molecular complexity index is 632. The first-order valence-corrected chi connectivity index (χ1v) is 8.05. The minimum atomic E-state index is -0.987. The zero-order valence-electron chi connectivity index (χ0n) is 14.0. The number of hydrogen-bond donors (Lipinski definition) is 2. The molecule has 1 heterocycles. The van der Waals surface area contributed by atoms with Gasteiger partial charge in [-0.15, -0.1) is 0 Å². The van der Waals surface area contributed by atoms with Crippen molar-refractivity contribution in [3.8, 4) is 0 Å². The number of likely N-dealkylation sites (tertiary alicyclic amines) is 1. The maximum atomic E-state index is 12.8. The first kappa shape index (κ1) is 17.8. The average molecular weight is 333 g/mol. The van der Waals surface area contributed by atoms with Crippen LogP contribution in [0.25, 0.3) is 0 Å². The van der Waals surface area contributed by atoms with Crippen LogP contribution in [-0.2, 0) is 9.59 Å². The number of aliphatic carboxylic acids is 1. The summed E-state index contributed by atoms with van der Waals surface area (Å²) < 4.78 is 0. The van der Waals surface area contributed by atoms with E-state index in [-0.39, 0.29) is 24.4 Å². The first-order chi connectivity index (χ1) is 11.4. The monoisotopic (exact) mass is 333 g/mol. The van der Waals surface area contributed by atoms with Crippen LogP contribution in [0.4, 0.5) is 5.69 Å². The van der Waals surface area contributed by atoms with E-state index in [1.54, 1.807) is 41.0 Å².